The van der Waals surface area contributed by atoms with Crippen molar-refractivity contribution in [3.05, 3.63) is 20.3 Å². The van der Waals surface area contributed by atoms with Gasteiger partial charge in [-0.15, -0.1) is 22.7 Å². The molecule has 2 heterocycles. The zero-order valence-corrected chi connectivity index (χ0v) is 9.61. The molecule has 0 radical (unpaired) electrons. The van der Waals surface area contributed by atoms with E-state index in [0.29, 0.717) is 0 Å². The summed E-state index contributed by atoms with van der Waals surface area (Å²) in [6.45, 7) is 0. The summed E-state index contributed by atoms with van der Waals surface area (Å²) in [5.74, 6) is 0. The fraction of sp³-hybridized carbons (Fsp3) is 0.333. The quantitative estimate of drug-likeness (QED) is 0.664. The third kappa shape index (κ3) is 0.932. The van der Waals surface area contributed by atoms with Crippen LogP contribution in [-0.2, 0) is 12.8 Å². The van der Waals surface area contributed by atoms with Gasteiger partial charge in [0, 0.05) is 14.3 Å². The Hall–Kier alpha value is 0.140. The highest BCUT2D eigenvalue weighted by Crippen LogP contribution is 2.43. The van der Waals surface area contributed by atoms with Gasteiger partial charge in [-0.2, -0.15) is 0 Å². The van der Waals surface area contributed by atoms with Crippen molar-refractivity contribution >= 4 is 48.0 Å². The molecule has 0 unspecified atom stereocenters. The maximum absolute atomic E-state index is 3.54. The van der Waals surface area contributed by atoms with E-state index in [2.05, 4.69) is 22.0 Å². The van der Waals surface area contributed by atoms with Gasteiger partial charge in [0.15, 0.2) is 0 Å². The van der Waals surface area contributed by atoms with Gasteiger partial charge in [-0.25, -0.2) is 0 Å². The van der Waals surface area contributed by atoms with Crippen molar-refractivity contribution in [2.45, 2.75) is 19.3 Å². The average Bonchev–Trinajstić information content (AvgIpc) is 2.59. The van der Waals surface area contributed by atoms with E-state index in [-0.39, 0.29) is 0 Å². The number of thiophene rings is 2. The molecule has 12 heavy (non-hydrogen) atoms. The van der Waals surface area contributed by atoms with Crippen LogP contribution in [0.1, 0.15) is 16.9 Å². The standard InChI is InChI=1S/C9H7BrS2/c10-8-4-7-9(12-8)5-2-1-3-6(5)11-7/h4H,1-3H2. The van der Waals surface area contributed by atoms with Crippen LogP contribution < -0.4 is 0 Å². The molecular weight excluding hydrogens is 252 g/mol. The van der Waals surface area contributed by atoms with Crippen LogP contribution in [0.2, 0.25) is 0 Å². The molecule has 0 saturated heterocycles. The van der Waals surface area contributed by atoms with Gasteiger partial charge in [-0.05, 0) is 46.8 Å². The number of aryl methyl sites for hydroxylation is 2. The molecule has 3 heteroatoms. The molecule has 0 aliphatic heterocycles. The van der Waals surface area contributed by atoms with Crippen molar-refractivity contribution in [1.82, 2.24) is 0 Å². The van der Waals surface area contributed by atoms with Crippen molar-refractivity contribution in [2.24, 2.45) is 0 Å². The van der Waals surface area contributed by atoms with Gasteiger partial charge in [0.05, 0.1) is 3.79 Å². The molecule has 0 N–H and O–H groups in total. The molecule has 62 valence electrons. The monoisotopic (exact) mass is 258 g/mol. The van der Waals surface area contributed by atoms with Crippen molar-refractivity contribution in [3.8, 4) is 0 Å². The van der Waals surface area contributed by atoms with E-state index >= 15 is 0 Å². The van der Waals surface area contributed by atoms with Gasteiger partial charge in [-0.3, -0.25) is 0 Å². The van der Waals surface area contributed by atoms with Gasteiger partial charge >= 0.3 is 0 Å². The Labute approximate surface area is 87.4 Å². The predicted octanol–water partition coefficient (Wildman–Crippen LogP) is 4.21. The molecule has 2 aromatic rings. The third-order valence-corrected chi connectivity index (χ3v) is 5.41. The van der Waals surface area contributed by atoms with Crippen LogP contribution in [0, 0.1) is 0 Å². The van der Waals surface area contributed by atoms with Crippen molar-refractivity contribution in [1.29, 1.82) is 0 Å². The van der Waals surface area contributed by atoms with E-state index in [9.17, 15) is 0 Å². The van der Waals surface area contributed by atoms with Crippen LogP contribution in [0.3, 0.4) is 0 Å². The highest BCUT2D eigenvalue weighted by Gasteiger charge is 2.18. The number of hydrogen-bond acceptors (Lipinski definition) is 2. The second kappa shape index (κ2) is 2.56. The molecule has 0 nitrogen and oxygen atoms in total. The first-order valence-corrected chi connectivity index (χ1v) is 6.47. The number of hydrogen-bond donors (Lipinski definition) is 0. The number of rotatable bonds is 0. The van der Waals surface area contributed by atoms with Gasteiger partial charge < -0.3 is 0 Å². The van der Waals surface area contributed by atoms with E-state index in [1.807, 2.05) is 22.7 Å². The first kappa shape index (κ1) is 7.54. The lowest BCUT2D eigenvalue weighted by Crippen LogP contribution is -1.69. The van der Waals surface area contributed by atoms with Crippen LogP contribution in [0.15, 0.2) is 9.85 Å². The Kier molecular flexibility index (Phi) is 1.61. The van der Waals surface area contributed by atoms with Crippen molar-refractivity contribution in [3.63, 3.8) is 0 Å². The van der Waals surface area contributed by atoms with Gasteiger partial charge in [-0.1, -0.05) is 0 Å². The summed E-state index contributed by atoms with van der Waals surface area (Å²) in [6, 6.07) is 2.25. The lowest BCUT2D eigenvalue weighted by atomic mass is 10.2. The normalized spacial score (nSPS) is 15.8. The fourth-order valence-electron chi connectivity index (χ4n) is 1.83. The largest absolute Gasteiger partial charge is 0.139 e. The Morgan fingerprint density at radius 1 is 1.25 bits per heavy atom. The molecule has 0 amide bonds. The molecule has 0 bridgehead atoms. The fourth-order valence-corrected chi connectivity index (χ4v) is 5.20. The molecule has 0 saturated carbocycles. The SMILES string of the molecule is Brc1cc2sc3c(c2s1)CCC3. The topological polar surface area (TPSA) is 0 Å². The maximum Gasteiger partial charge on any atom is 0.0719 e. The smallest absolute Gasteiger partial charge is 0.0719 e. The Morgan fingerprint density at radius 3 is 3.08 bits per heavy atom. The molecule has 2 aromatic heterocycles. The molecule has 0 fully saturated rings. The first-order valence-electron chi connectivity index (χ1n) is 4.04. The second-order valence-electron chi connectivity index (χ2n) is 3.10. The Bertz CT molecular complexity index is 438. The Morgan fingerprint density at radius 2 is 2.17 bits per heavy atom. The summed E-state index contributed by atoms with van der Waals surface area (Å²) in [7, 11) is 0. The molecular formula is C9H7BrS2. The summed E-state index contributed by atoms with van der Waals surface area (Å²) in [5.41, 5.74) is 1.64. The van der Waals surface area contributed by atoms with E-state index in [4.69, 9.17) is 0 Å². The van der Waals surface area contributed by atoms with Gasteiger partial charge in [0.1, 0.15) is 0 Å². The second-order valence-corrected chi connectivity index (χ2v) is 6.67. The van der Waals surface area contributed by atoms with E-state index in [0.717, 1.165) is 0 Å². The maximum atomic E-state index is 3.54. The summed E-state index contributed by atoms with van der Waals surface area (Å²) in [5, 5.41) is 0. The molecule has 0 spiro atoms. The van der Waals surface area contributed by atoms with Gasteiger partial charge in [0.2, 0.25) is 0 Å². The lowest BCUT2D eigenvalue weighted by Gasteiger charge is -1.84. The molecule has 1 aliphatic rings. The molecule has 3 rings (SSSR count). The first-order chi connectivity index (χ1) is 5.84. The van der Waals surface area contributed by atoms with Gasteiger partial charge in [0.25, 0.3) is 0 Å². The van der Waals surface area contributed by atoms with Crippen molar-refractivity contribution < 1.29 is 0 Å². The van der Waals surface area contributed by atoms with Crippen LogP contribution in [0.25, 0.3) is 9.40 Å². The summed E-state index contributed by atoms with van der Waals surface area (Å²) in [4.78, 5) is 1.64. The predicted molar refractivity (Wildman–Crippen MR) is 59.4 cm³/mol. The van der Waals surface area contributed by atoms with Crippen LogP contribution in [0.4, 0.5) is 0 Å². The Balaban J connectivity index is 2.40. The summed E-state index contributed by atoms with van der Waals surface area (Å²) in [6.07, 6.45) is 3.99. The van der Waals surface area contributed by atoms with E-state index < -0.39 is 0 Å². The summed E-state index contributed by atoms with van der Waals surface area (Å²) < 4.78 is 4.30. The van der Waals surface area contributed by atoms with Crippen LogP contribution in [-0.4, -0.2) is 0 Å². The van der Waals surface area contributed by atoms with Crippen LogP contribution >= 0.6 is 38.6 Å². The zero-order valence-electron chi connectivity index (χ0n) is 6.39. The number of fused-ring (bicyclic) bond motifs is 3. The zero-order chi connectivity index (χ0) is 8.13. The highest BCUT2D eigenvalue weighted by atomic mass is 79.9. The lowest BCUT2D eigenvalue weighted by molar-refractivity contribution is 0.918. The van der Waals surface area contributed by atoms with E-state index in [1.54, 1.807) is 15.1 Å². The molecule has 0 aromatic carbocycles. The highest BCUT2D eigenvalue weighted by molar-refractivity contribution is 9.11. The van der Waals surface area contributed by atoms with Crippen molar-refractivity contribution in [2.75, 3.05) is 0 Å². The van der Waals surface area contributed by atoms with E-state index in [1.165, 1.54) is 27.7 Å². The average molecular weight is 259 g/mol. The minimum atomic E-state index is 1.28. The minimum Gasteiger partial charge on any atom is -0.139 e. The van der Waals surface area contributed by atoms with Crippen LogP contribution in [0.5, 0.6) is 0 Å². The third-order valence-electron chi connectivity index (χ3n) is 2.34. The number of halogens is 1. The molecule has 0 atom stereocenters. The summed E-state index contributed by atoms with van der Waals surface area (Å²) >= 11 is 7.42. The molecule has 1 aliphatic carbocycles. The minimum absolute atomic E-state index is 1.28.